The monoisotopic (exact) mass is 362 g/mol. The fourth-order valence-electron chi connectivity index (χ4n) is 3.22. The molecule has 0 amide bonds. The van der Waals surface area contributed by atoms with E-state index in [0.29, 0.717) is 17.6 Å². The minimum Gasteiger partial charge on any atom is -0.458 e. The number of carbonyl (C=O) groups is 2. The third-order valence-electron chi connectivity index (χ3n) is 4.75. The normalized spacial score (nSPS) is 34.1. The van der Waals surface area contributed by atoms with Gasteiger partial charge in [0, 0.05) is 17.6 Å². The summed E-state index contributed by atoms with van der Waals surface area (Å²) in [5, 5.41) is 19.8. The van der Waals surface area contributed by atoms with Crippen molar-refractivity contribution in [2.45, 2.75) is 51.9 Å². The zero-order chi connectivity index (χ0) is 19.4. The molecule has 0 saturated carbocycles. The van der Waals surface area contributed by atoms with Gasteiger partial charge in [-0.05, 0) is 38.8 Å². The molecular weight excluding hydrogens is 336 g/mol. The minimum atomic E-state index is -0.779. The summed E-state index contributed by atoms with van der Waals surface area (Å²) in [6.07, 6.45) is 3.38. The van der Waals surface area contributed by atoms with E-state index in [9.17, 15) is 19.8 Å². The summed E-state index contributed by atoms with van der Waals surface area (Å²) < 4.78 is 11.0. The van der Waals surface area contributed by atoms with E-state index >= 15 is 0 Å². The predicted octanol–water partition coefficient (Wildman–Crippen LogP) is 1.98. The fourth-order valence-corrected chi connectivity index (χ4v) is 3.22. The molecule has 0 aromatic heterocycles. The second-order valence-electron chi connectivity index (χ2n) is 6.81. The first kappa shape index (κ1) is 20.1. The molecule has 0 aromatic carbocycles. The second-order valence-corrected chi connectivity index (χ2v) is 6.81. The van der Waals surface area contributed by atoms with Crippen molar-refractivity contribution in [2.24, 2.45) is 5.92 Å². The van der Waals surface area contributed by atoms with Gasteiger partial charge in [0.15, 0.2) is 0 Å². The van der Waals surface area contributed by atoms with Crippen molar-refractivity contribution >= 4 is 11.9 Å². The molecule has 142 valence electrons. The Morgan fingerprint density at radius 3 is 2.73 bits per heavy atom. The molecule has 0 bridgehead atoms. The van der Waals surface area contributed by atoms with E-state index in [-0.39, 0.29) is 18.6 Å². The first-order valence-electron chi connectivity index (χ1n) is 8.66. The summed E-state index contributed by atoms with van der Waals surface area (Å²) in [6.45, 7) is 8.74. The van der Waals surface area contributed by atoms with Crippen molar-refractivity contribution in [3.05, 3.63) is 47.1 Å². The van der Waals surface area contributed by atoms with Gasteiger partial charge in [-0.15, -0.1) is 0 Å². The number of allylic oxidation sites excluding steroid dienone is 1. The van der Waals surface area contributed by atoms with Crippen molar-refractivity contribution in [2.75, 3.05) is 6.61 Å². The maximum absolute atomic E-state index is 12.3. The van der Waals surface area contributed by atoms with E-state index in [4.69, 9.17) is 9.47 Å². The summed E-state index contributed by atoms with van der Waals surface area (Å²) in [5.41, 5.74) is 2.05. The Balaban J connectivity index is 2.45. The highest BCUT2D eigenvalue weighted by Gasteiger charge is 2.44. The van der Waals surface area contributed by atoms with E-state index in [1.54, 1.807) is 32.1 Å². The molecule has 1 heterocycles. The third-order valence-corrected chi connectivity index (χ3v) is 4.75. The summed E-state index contributed by atoms with van der Waals surface area (Å²) in [6, 6.07) is 0. The maximum Gasteiger partial charge on any atom is 0.334 e. The number of aliphatic hydroxyl groups is 2. The molecule has 26 heavy (non-hydrogen) atoms. The van der Waals surface area contributed by atoms with Crippen molar-refractivity contribution in [3.8, 4) is 0 Å². The predicted molar refractivity (Wildman–Crippen MR) is 96.0 cm³/mol. The van der Waals surface area contributed by atoms with E-state index < -0.39 is 36.2 Å². The summed E-state index contributed by atoms with van der Waals surface area (Å²) in [7, 11) is 0. The Morgan fingerprint density at radius 1 is 1.42 bits per heavy atom. The minimum absolute atomic E-state index is 0.181. The number of fused-ring (bicyclic) bond motifs is 1. The zero-order valence-electron chi connectivity index (χ0n) is 15.4. The summed E-state index contributed by atoms with van der Waals surface area (Å²) in [4.78, 5) is 24.4. The quantitative estimate of drug-likeness (QED) is 0.453. The lowest BCUT2D eigenvalue weighted by molar-refractivity contribution is -0.147. The van der Waals surface area contributed by atoms with E-state index in [2.05, 4.69) is 6.58 Å². The second kappa shape index (κ2) is 8.47. The molecule has 2 N–H and O–H groups in total. The first-order valence-corrected chi connectivity index (χ1v) is 8.66. The van der Waals surface area contributed by atoms with Gasteiger partial charge in [-0.25, -0.2) is 9.59 Å². The van der Waals surface area contributed by atoms with Crippen LogP contribution in [0.5, 0.6) is 0 Å². The van der Waals surface area contributed by atoms with Crippen LogP contribution in [0, 0.1) is 5.92 Å². The van der Waals surface area contributed by atoms with Crippen LogP contribution in [-0.4, -0.2) is 47.1 Å². The average Bonchev–Trinajstić information content (AvgIpc) is 2.85. The van der Waals surface area contributed by atoms with Crippen LogP contribution < -0.4 is 0 Å². The Bertz CT molecular complexity index is 684. The number of carbonyl (C=O) groups excluding carboxylic acids is 2. The molecule has 0 spiro atoms. The van der Waals surface area contributed by atoms with Gasteiger partial charge >= 0.3 is 11.9 Å². The maximum atomic E-state index is 12.3. The Labute approximate surface area is 153 Å². The van der Waals surface area contributed by atoms with E-state index in [1.165, 1.54) is 0 Å². The Hall–Kier alpha value is -2.18. The molecular formula is C20H26O6. The Kier molecular flexibility index (Phi) is 6.56. The SMILES string of the molecule is C=C1C(=O)O[C@@H]2/C=C(/C)C[C@@H](O)/C=C(\CO)C[C@@H](OC(=O)/C(C)=C/C)[C@@H]12. The van der Waals surface area contributed by atoms with Crippen LogP contribution in [0.4, 0.5) is 0 Å². The average molecular weight is 362 g/mol. The molecule has 1 fully saturated rings. The van der Waals surface area contributed by atoms with Crippen LogP contribution in [-0.2, 0) is 19.1 Å². The van der Waals surface area contributed by atoms with Crippen LogP contribution in [0.1, 0.15) is 33.6 Å². The van der Waals surface area contributed by atoms with Gasteiger partial charge in [-0.2, -0.15) is 0 Å². The first-order chi connectivity index (χ1) is 12.3. The molecule has 1 aliphatic heterocycles. The number of ether oxygens (including phenoxy) is 2. The molecule has 4 atom stereocenters. The van der Waals surface area contributed by atoms with Gasteiger partial charge in [0.2, 0.25) is 0 Å². The molecule has 0 aromatic rings. The lowest BCUT2D eigenvalue weighted by Gasteiger charge is -2.28. The highest BCUT2D eigenvalue weighted by molar-refractivity contribution is 5.92. The number of esters is 2. The van der Waals surface area contributed by atoms with Crippen molar-refractivity contribution in [1.29, 1.82) is 0 Å². The van der Waals surface area contributed by atoms with Gasteiger partial charge in [-0.1, -0.05) is 24.3 Å². The van der Waals surface area contributed by atoms with Crippen molar-refractivity contribution in [1.82, 2.24) is 0 Å². The summed E-state index contributed by atoms with van der Waals surface area (Å²) in [5.74, 6) is -1.57. The van der Waals surface area contributed by atoms with E-state index in [0.717, 1.165) is 5.57 Å². The highest BCUT2D eigenvalue weighted by atomic mass is 16.6. The number of rotatable bonds is 3. The van der Waals surface area contributed by atoms with Crippen LogP contribution in [0.25, 0.3) is 0 Å². The highest BCUT2D eigenvalue weighted by Crippen LogP contribution is 2.36. The fraction of sp³-hybridized carbons (Fsp3) is 0.500. The lowest BCUT2D eigenvalue weighted by atomic mass is 9.85. The number of hydrogen-bond donors (Lipinski definition) is 2. The Morgan fingerprint density at radius 2 is 2.12 bits per heavy atom. The third kappa shape index (κ3) is 4.51. The van der Waals surface area contributed by atoms with Gasteiger partial charge in [0.05, 0.1) is 18.6 Å². The zero-order valence-corrected chi connectivity index (χ0v) is 15.4. The van der Waals surface area contributed by atoms with E-state index in [1.807, 2.05) is 6.92 Å². The van der Waals surface area contributed by atoms with Gasteiger partial charge in [0.25, 0.3) is 0 Å². The summed E-state index contributed by atoms with van der Waals surface area (Å²) >= 11 is 0. The van der Waals surface area contributed by atoms with Crippen molar-refractivity contribution < 1.29 is 29.3 Å². The topological polar surface area (TPSA) is 93.1 Å². The number of aliphatic hydroxyl groups excluding tert-OH is 2. The van der Waals surface area contributed by atoms with Gasteiger partial charge in [0.1, 0.15) is 12.2 Å². The molecule has 2 rings (SSSR count). The lowest BCUT2D eigenvalue weighted by Crippen LogP contribution is -2.34. The van der Waals surface area contributed by atoms with Crippen LogP contribution in [0.15, 0.2) is 47.1 Å². The van der Waals surface area contributed by atoms with Crippen LogP contribution in [0.3, 0.4) is 0 Å². The molecule has 2 aliphatic rings. The molecule has 6 nitrogen and oxygen atoms in total. The molecule has 0 radical (unpaired) electrons. The van der Waals surface area contributed by atoms with Crippen LogP contribution >= 0.6 is 0 Å². The molecule has 1 saturated heterocycles. The molecule has 1 aliphatic carbocycles. The largest absolute Gasteiger partial charge is 0.458 e. The van der Waals surface area contributed by atoms with Crippen LogP contribution in [0.2, 0.25) is 0 Å². The van der Waals surface area contributed by atoms with Crippen molar-refractivity contribution in [3.63, 3.8) is 0 Å². The smallest absolute Gasteiger partial charge is 0.334 e. The molecule has 0 unspecified atom stereocenters. The molecule has 6 heteroatoms. The number of hydrogen-bond acceptors (Lipinski definition) is 6. The van der Waals surface area contributed by atoms with Gasteiger partial charge < -0.3 is 19.7 Å². The standard InChI is InChI=1S/C20H26O6/c1-5-12(3)19(23)25-17-9-14(10-21)8-15(22)6-11(2)7-16-18(17)13(4)20(24)26-16/h5,7-8,15-18,21-22H,4,6,9-10H2,1-3H3/b11-7-,12-5+,14-8-/t15-,16-,17-,18+/m1/s1. The van der Waals surface area contributed by atoms with Gasteiger partial charge in [-0.3, -0.25) is 0 Å².